The average molecular weight is 373 g/mol. The third kappa shape index (κ3) is 4.51. The van der Waals surface area contributed by atoms with E-state index in [4.69, 9.17) is 14.2 Å². The lowest BCUT2D eigenvalue weighted by Gasteiger charge is -2.06. The van der Waals surface area contributed by atoms with E-state index >= 15 is 0 Å². The van der Waals surface area contributed by atoms with Crippen molar-refractivity contribution in [3.63, 3.8) is 0 Å². The van der Waals surface area contributed by atoms with E-state index in [-0.39, 0.29) is 12.7 Å². The van der Waals surface area contributed by atoms with E-state index in [2.05, 4.69) is 5.32 Å². The Hall–Kier alpha value is -3.73. The van der Waals surface area contributed by atoms with Crippen molar-refractivity contribution >= 4 is 17.7 Å². The predicted octanol–water partition coefficient (Wildman–Crippen LogP) is 4.65. The lowest BCUT2D eigenvalue weighted by atomic mass is 10.2. The fourth-order valence-corrected chi connectivity index (χ4v) is 2.75. The zero-order valence-electron chi connectivity index (χ0n) is 15.1. The van der Waals surface area contributed by atoms with Crippen LogP contribution >= 0.6 is 0 Å². The smallest absolute Gasteiger partial charge is 0.248 e. The Morgan fingerprint density at radius 2 is 1.75 bits per heavy atom. The molecule has 5 nitrogen and oxygen atoms in total. The average Bonchev–Trinajstić information content (AvgIpc) is 3.20. The van der Waals surface area contributed by atoms with Crippen LogP contribution in [0.2, 0.25) is 0 Å². The van der Waals surface area contributed by atoms with Gasteiger partial charge in [0.05, 0.1) is 0 Å². The molecule has 1 heterocycles. The van der Waals surface area contributed by atoms with E-state index in [9.17, 15) is 4.79 Å². The molecular weight excluding hydrogens is 354 g/mol. The van der Waals surface area contributed by atoms with Crippen molar-refractivity contribution in [2.75, 3.05) is 12.1 Å². The SMILES string of the molecule is O=C(C=Cc1ccc(OCc2ccccc2)cc1)Nc1ccc2c(c1)OCO2. The molecule has 0 saturated carbocycles. The van der Waals surface area contributed by atoms with E-state index in [1.54, 1.807) is 24.3 Å². The van der Waals surface area contributed by atoms with Gasteiger partial charge in [-0.15, -0.1) is 0 Å². The van der Waals surface area contributed by atoms with Gasteiger partial charge in [0.15, 0.2) is 11.5 Å². The highest BCUT2D eigenvalue weighted by Gasteiger charge is 2.13. The number of fused-ring (bicyclic) bond motifs is 1. The Labute approximate surface area is 163 Å². The second-order valence-corrected chi connectivity index (χ2v) is 6.23. The van der Waals surface area contributed by atoms with Gasteiger partial charge < -0.3 is 19.5 Å². The third-order valence-electron chi connectivity index (χ3n) is 4.20. The second-order valence-electron chi connectivity index (χ2n) is 6.23. The van der Waals surface area contributed by atoms with E-state index in [1.807, 2.05) is 54.6 Å². The summed E-state index contributed by atoms with van der Waals surface area (Å²) in [5, 5.41) is 2.81. The van der Waals surface area contributed by atoms with Crippen molar-refractivity contribution in [3.8, 4) is 17.2 Å². The Balaban J connectivity index is 1.31. The first-order valence-corrected chi connectivity index (χ1v) is 8.92. The van der Waals surface area contributed by atoms with Crippen molar-refractivity contribution < 1.29 is 19.0 Å². The first kappa shape index (κ1) is 17.7. The van der Waals surface area contributed by atoms with Crippen molar-refractivity contribution in [2.24, 2.45) is 0 Å². The van der Waals surface area contributed by atoms with Gasteiger partial charge in [0.2, 0.25) is 12.7 Å². The lowest BCUT2D eigenvalue weighted by molar-refractivity contribution is -0.111. The zero-order valence-corrected chi connectivity index (χ0v) is 15.1. The van der Waals surface area contributed by atoms with Crippen LogP contribution in [0, 0.1) is 0 Å². The van der Waals surface area contributed by atoms with Crippen molar-refractivity contribution in [3.05, 3.63) is 90.0 Å². The summed E-state index contributed by atoms with van der Waals surface area (Å²) in [7, 11) is 0. The highest BCUT2D eigenvalue weighted by molar-refractivity contribution is 6.02. The van der Waals surface area contributed by atoms with Crippen LogP contribution in [0.15, 0.2) is 78.9 Å². The standard InChI is InChI=1S/C23H19NO4/c25-23(24-19-9-12-21-22(14-19)28-16-27-21)13-8-17-6-10-20(11-7-17)26-15-18-4-2-1-3-5-18/h1-14H,15-16H2,(H,24,25). The Bertz CT molecular complexity index is 981. The summed E-state index contributed by atoms with van der Waals surface area (Å²) in [5.41, 5.74) is 2.68. The largest absolute Gasteiger partial charge is 0.489 e. The topological polar surface area (TPSA) is 56.8 Å². The molecule has 0 radical (unpaired) electrons. The molecule has 0 aliphatic carbocycles. The quantitative estimate of drug-likeness (QED) is 0.639. The number of carbonyl (C=O) groups excluding carboxylic acids is 1. The van der Waals surface area contributed by atoms with E-state index in [0.29, 0.717) is 23.8 Å². The van der Waals surface area contributed by atoms with Gasteiger partial charge >= 0.3 is 0 Å². The molecule has 0 atom stereocenters. The number of hydrogen-bond acceptors (Lipinski definition) is 4. The normalized spacial score (nSPS) is 12.1. The number of rotatable bonds is 6. The number of anilines is 1. The molecule has 3 aromatic carbocycles. The molecule has 140 valence electrons. The van der Waals surface area contributed by atoms with Crippen molar-refractivity contribution in [2.45, 2.75) is 6.61 Å². The van der Waals surface area contributed by atoms with E-state index in [1.165, 1.54) is 6.08 Å². The maximum Gasteiger partial charge on any atom is 0.248 e. The van der Waals surface area contributed by atoms with Crippen LogP contribution in [-0.2, 0) is 11.4 Å². The van der Waals surface area contributed by atoms with Crippen molar-refractivity contribution in [1.29, 1.82) is 0 Å². The number of ether oxygens (including phenoxy) is 3. The maximum absolute atomic E-state index is 12.1. The molecular formula is C23H19NO4. The molecule has 1 aliphatic rings. The Kier molecular flexibility index (Phi) is 5.24. The minimum absolute atomic E-state index is 0.206. The van der Waals surface area contributed by atoms with Crippen molar-refractivity contribution in [1.82, 2.24) is 0 Å². The summed E-state index contributed by atoms with van der Waals surface area (Å²) in [6.45, 7) is 0.728. The van der Waals surface area contributed by atoms with Gasteiger partial charge in [-0.2, -0.15) is 0 Å². The lowest BCUT2D eigenvalue weighted by Crippen LogP contribution is -2.07. The number of nitrogens with one attached hydrogen (secondary N) is 1. The molecule has 5 heteroatoms. The first-order valence-electron chi connectivity index (χ1n) is 8.92. The summed E-state index contributed by atoms with van der Waals surface area (Å²) in [6.07, 6.45) is 3.24. The fourth-order valence-electron chi connectivity index (χ4n) is 2.75. The summed E-state index contributed by atoms with van der Waals surface area (Å²) >= 11 is 0. The summed E-state index contributed by atoms with van der Waals surface area (Å²) in [4.78, 5) is 12.1. The predicted molar refractivity (Wildman–Crippen MR) is 107 cm³/mol. The molecule has 0 saturated heterocycles. The summed E-state index contributed by atoms with van der Waals surface area (Å²) in [6, 6.07) is 22.9. The van der Waals surface area contributed by atoms with Crippen LogP contribution in [-0.4, -0.2) is 12.7 Å². The number of carbonyl (C=O) groups is 1. The molecule has 1 amide bonds. The highest BCUT2D eigenvalue weighted by atomic mass is 16.7. The molecule has 0 unspecified atom stereocenters. The fraction of sp³-hybridized carbons (Fsp3) is 0.0870. The van der Waals surface area contributed by atoms with Gasteiger partial charge in [0, 0.05) is 17.8 Å². The monoisotopic (exact) mass is 373 g/mol. The minimum atomic E-state index is -0.219. The highest BCUT2D eigenvalue weighted by Crippen LogP contribution is 2.34. The molecule has 4 rings (SSSR count). The van der Waals surface area contributed by atoms with E-state index < -0.39 is 0 Å². The molecule has 28 heavy (non-hydrogen) atoms. The molecule has 1 aliphatic heterocycles. The molecule has 0 spiro atoms. The molecule has 0 bridgehead atoms. The number of benzene rings is 3. The molecule has 0 fully saturated rings. The zero-order chi connectivity index (χ0) is 19.2. The van der Waals surface area contributed by atoms with Crippen LogP contribution in [0.25, 0.3) is 6.08 Å². The molecule has 0 aromatic heterocycles. The van der Waals surface area contributed by atoms with Gasteiger partial charge in [-0.25, -0.2) is 0 Å². The van der Waals surface area contributed by atoms with E-state index in [0.717, 1.165) is 16.9 Å². The second kappa shape index (κ2) is 8.31. The first-order chi connectivity index (χ1) is 13.8. The number of amides is 1. The van der Waals surface area contributed by atoms with Gasteiger partial charge in [0.25, 0.3) is 0 Å². The number of hydrogen-bond donors (Lipinski definition) is 1. The summed E-state index contributed by atoms with van der Waals surface area (Å²) in [5.74, 6) is 1.88. The Morgan fingerprint density at radius 1 is 0.964 bits per heavy atom. The summed E-state index contributed by atoms with van der Waals surface area (Å²) < 4.78 is 16.3. The van der Waals surface area contributed by atoms with Gasteiger partial charge in [-0.1, -0.05) is 42.5 Å². The van der Waals surface area contributed by atoms with Crippen LogP contribution in [0.3, 0.4) is 0 Å². The third-order valence-corrected chi connectivity index (χ3v) is 4.20. The molecule has 1 N–H and O–H groups in total. The van der Waals surface area contributed by atoms with Crippen LogP contribution in [0.1, 0.15) is 11.1 Å². The van der Waals surface area contributed by atoms with Gasteiger partial charge in [-0.05, 0) is 41.5 Å². The van der Waals surface area contributed by atoms with Crippen LogP contribution < -0.4 is 19.5 Å². The minimum Gasteiger partial charge on any atom is -0.489 e. The van der Waals surface area contributed by atoms with Gasteiger partial charge in [0.1, 0.15) is 12.4 Å². The molecule has 3 aromatic rings. The maximum atomic E-state index is 12.1. The van der Waals surface area contributed by atoms with Gasteiger partial charge in [-0.3, -0.25) is 4.79 Å². The van der Waals surface area contributed by atoms with Crippen LogP contribution in [0.4, 0.5) is 5.69 Å². The Morgan fingerprint density at radius 3 is 2.57 bits per heavy atom. The van der Waals surface area contributed by atoms with Crippen LogP contribution in [0.5, 0.6) is 17.2 Å².